The lowest BCUT2D eigenvalue weighted by atomic mass is 9.97. The number of nitrogens with two attached hydrogens (primary N) is 1. The highest BCUT2D eigenvalue weighted by atomic mass is 35.5. The number of hydrogen-bond acceptors (Lipinski definition) is 4. The van der Waals surface area contributed by atoms with Gasteiger partial charge in [0.15, 0.2) is 0 Å². The number of carbonyl (C=O) groups excluding carboxylic acids is 1. The zero-order valence-electron chi connectivity index (χ0n) is 11.7. The lowest BCUT2D eigenvalue weighted by Crippen LogP contribution is -2.38. The number of ether oxygens (including phenoxy) is 1. The standard InChI is InChI=1S/C14H22ClN3O2/c1-20-13-7-12(16)11(15)6-10(13)14(19)18-8-9-2-4-17-5-3-9/h6-7,9,11-12,17H,2-5,8,16H2,1H3,(H,18,19)/t11-,12?/m1/s1. The Bertz CT molecular complexity index is 417. The fraction of sp³-hybridized carbons (Fsp3) is 0.643. The molecule has 2 rings (SSSR count). The van der Waals surface area contributed by atoms with Gasteiger partial charge in [0.05, 0.1) is 18.1 Å². The van der Waals surface area contributed by atoms with Gasteiger partial charge in [-0.2, -0.15) is 0 Å². The number of carbonyl (C=O) groups is 1. The third kappa shape index (κ3) is 3.75. The second-order valence-corrected chi connectivity index (χ2v) is 5.74. The lowest BCUT2D eigenvalue weighted by Gasteiger charge is -2.24. The predicted molar refractivity (Wildman–Crippen MR) is 79.4 cm³/mol. The molecule has 1 aliphatic heterocycles. The third-order valence-electron chi connectivity index (χ3n) is 3.78. The van der Waals surface area contributed by atoms with Crippen molar-refractivity contribution in [3.8, 4) is 0 Å². The van der Waals surface area contributed by atoms with Gasteiger partial charge in [-0.1, -0.05) is 0 Å². The molecule has 1 fully saturated rings. The summed E-state index contributed by atoms with van der Waals surface area (Å²) in [5.41, 5.74) is 6.30. The second kappa shape index (κ2) is 7.11. The summed E-state index contributed by atoms with van der Waals surface area (Å²) in [5, 5.41) is 5.89. The van der Waals surface area contributed by atoms with Crippen molar-refractivity contribution in [2.75, 3.05) is 26.7 Å². The van der Waals surface area contributed by atoms with Gasteiger partial charge in [-0.25, -0.2) is 0 Å². The average molecular weight is 300 g/mol. The van der Waals surface area contributed by atoms with Crippen molar-refractivity contribution in [1.82, 2.24) is 10.6 Å². The molecule has 1 aliphatic carbocycles. The van der Waals surface area contributed by atoms with Gasteiger partial charge in [0.25, 0.3) is 5.91 Å². The number of alkyl halides is 1. The smallest absolute Gasteiger partial charge is 0.254 e. The first-order valence-corrected chi connectivity index (χ1v) is 7.42. The Labute approximate surface area is 124 Å². The number of hydrogen-bond donors (Lipinski definition) is 3. The summed E-state index contributed by atoms with van der Waals surface area (Å²) in [5.74, 6) is 0.889. The summed E-state index contributed by atoms with van der Waals surface area (Å²) in [6, 6.07) is -0.326. The van der Waals surface area contributed by atoms with Crippen LogP contribution >= 0.6 is 11.6 Å². The molecule has 0 radical (unpaired) electrons. The van der Waals surface area contributed by atoms with Crippen LogP contribution in [0.5, 0.6) is 0 Å². The largest absolute Gasteiger partial charge is 0.496 e. The molecule has 4 N–H and O–H groups in total. The Kier molecular flexibility index (Phi) is 5.46. The van der Waals surface area contributed by atoms with Crippen LogP contribution in [0, 0.1) is 5.92 Å². The van der Waals surface area contributed by atoms with E-state index in [1.807, 2.05) is 0 Å². The van der Waals surface area contributed by atoms with Gasteiger partial charge in [-0.05, 0) is 44.0 Å². The van der Waals surface area contributed by atoms with Crippen LogP contribution in [0.4, 0.5) is 0 Å². The minimum atomic E-state index is -0.381. The van der Waals surface area contributed by atoms with E-state index < -0.39 is 0 Å². The van der Waals surface area contributed by atoms with Crippen molar-refractivity contribution >= 4 is 17.5 Å². The van der Waals surface area contributed by atoms with Crippen LogP contribution < -0.4 is 16.4 Å². The van der Waals surface area contributed by atoms with Crippen LogP contribution in [-0.4, -0.2) is 44.1 Å². The Morgan fingerprint density at radius 1 is 1.50 bits per heavy atom. The summed E-state index contributed by atoms with van der Waals surface area (Å²) >= 11 is 6.09. The molecule has 1 unspecified atom stereocenters. The summed E-state index contributed by atoms with van der Waals surface area (Å²) in [7, 11) is 1.53. The number of methoxy groups -OCH3 is 1. The van der Waals surface area contributed by atoms with Gasteiger partial charge in [0.1, 0.15) is 5.76 Å². The maximum atomic E-state index is 12.2. The molecule has 112 valence electrons. The molecule has 20 heavy (non-hydrogen) atoms. The van der Waals surface area contributed by atoms with E-state index in [9.17, 15) is 4.79 Å². The van der Waals surface area contributed by atoms with E-state index >= 15 is 0 Å². The first-order chi connectivity index (χ1) is 9.61. The number of nitrogens with one attached hydrogen (secondary N) is 2. The van der Waals surface area contributed by atoms with Crippen LogP contribution in [-0.2, 0) is 9.53 Å². The Hall–Kier alpha value is -1.04. The van der Waals surface area contributed by atoms with Gasteiger partial charge < -0.3 is 21.1 Å². The van der Waals surface area contributed by atoms with Crippen molar-refractivity contribution in [3.05, 3.63) is 23.5 Å². The van der Waals surface area contributed by atoms with E-state index in [2.05, 4.69) is 10.6 Å². The number of rotatable bonds is 4. The average Bonchev–Trinajstić information content (AvgIpc) is 2.48. The fourth-order valence-corrected chi connectivity index (χ4v) is 2.69. The number of amides is 1. The zero-order chi connectivity index (χ0) is 14.5. The van der Waals surface area contributed by atoms with Crippen LogP contribution in [0.3, 0.4) is 0 Å². The molecule has 1 saturated heterocycles. The summed E-state index contributed by atoms with van der Waals surface area (Å²) in [6.07, 6.45) is 5.55. The second-order valence-electron chi connectivity index (χ2n) is 5.24. The highest BCUT2D eigenvalue weighted by Gasteiger charge is 2.26. The topological polar surface area (TPSA) is 76.4 Å². The van der Waals surface area contributed by atoms with Crippen molar-refractivity contribution < 1.29 is 9.53 Å². The van der Waals surface area contributed by atoms with E-state index in [-0.39, 0.29) is 17.3 Å². The van der Waals surface area contributed by atoms with Crippen LogP contribution in [0.1, 0.15) is 12.8 Å². The van der Waals surface area contributed by atoms with E-state index in [0.717, 1.165) is 25.9 Å². The van der Waals surface area contributed by atoms with Crippen LogP contribution in [0.15, 0.2) is 23.5 Å². The van der Waals surface area contributed by atoms with Gasteiger partial charge in [-0.15, -0.1) is 11.6 Å². The van der Waals surface area contributed by atoms with E-state index in [4.69, 9.17) is 22.1 Å². The van der Waals surface area contributed by atoms with E-state index in [0.29, 0.717) is 23.8 Å². The van der Waals surface area contributed by atoms with Crippen molar-refractivity contribution in [2.24, 2.45) is 11.7 Å². The van der Waals surface area contributed by atoms with Crippen molar-refractivity contribution in [1.29, 1.82) is 0 Å². The molecule has 2 aliphatic rings. The summed E-state index contributed by atoms with van der Waals surface area (Å²) < 4.78 is 5.22. The monoisotopic (exact) mass is 299 g/mol. The van der Waals surface area contributed by atoms with Gasteiger partial charge >= 0.3 is 0 Å². The Balaban J connectivity index is 1.93. The molecule has 0 bridgehead atoms. The first-order valence-electron chi connectivity index (χ1n) is 6.98. The van der Waals surface area contributed by atoms with Crippen LogP contribution in [0.2, 0.25) is 0 Å². The highest BCUT2D eigenvalue weighted by molar-refractivity contribution is 6.23. The lowest BCUT2D eigenvalue weighted by molar-refractivity contribution is -0.117. The number of halogens is 1. The van der Waals surface area contributed by atoms with Crippen molar-refractivity contribution in [2.45, 2.75) is 24.3 Å². The van der Waals surface area contributed by atoms with Gasteiger partial charge in [0, 0.05) is 12.6 Å². The molecule has 0 aromatic heterocycles. The van der Waals surface area contributed by atoms with Gasteiger partial charge in [-0.3, -0.25) is 4.79 Å². The normalized spacial score (nSPS) is 27.6. The molecular weight excluding hydrogens is 278 g/mol. The molecule has 1 heterocycles. The molecule has 0 aromatic carbocycles. The summed E-state index contributed by atoms with van der Waals surface area (Å²) in [6.45, 7) is 2.73. The highest BCUT2D eigenvalue weighted by Crippen LogP contribution is 2.22. The Morgan fingerprint density at radius 2 is 2.20 bits per heavy atom. The van der Waals surface area contributed by atoms with Gasteiger partial charge in [0.2, 0.25) is 0 Å². The molecule has 5 nitrogen and oxygen atoms in total. The zero-order valence-corrected chi connectivity index (χ0v) is 12.5. The van der Waals surface area contributed by atoms with E-state index in [1.165, 1.54) is 7.11 Å². The SMILES string of the molecule is COC1=CC(N)[C@H](Cl)C=C1C(=O)NCC1CCNCC1. The van der Waals surface area contributed by atoms with Crippen LogP contribution in [0.25, 0.3) is 0 Å². The third-order valence-corrected chi connectivity index (χ3v) is 4.19. The predicted octanol–water partition coefficient (Wildman–Crippen LogP) is 0.507. The molecule has 0 aromatic rings. The quantitative estimate of drug-likeness (QED) is 0.661. The minimum Gasteiger partial charge on any atom is -0.496 e. The molecule has 0 spiro atoms. The molecule has 0 saturated carbocycles. The maximum absolute atomic E-state index is 12.2. The molecule has 1 amide bonds. The first kappa shape index (κ1) is 15.4. The van der Waals surface area contributed by atoms with E-state index in [1.54, 1.807) is 12.2 Å². The maximum Gasteiger partial charge on any atom is 0.254 e. The molecule has 6 heteroatoms. The number of piperidine rings is 1. The molecular formula is C14H22ClN3O2. The summed E-state index contributed by atoms with van der Waals surface area (Å²) in [4.78, 5) is 12.2. The minimum absolute atomic E-state index is 0.144. The Morgan fingerprint density at radius 3 is 2.85 bits per heavy atom. The van der Waals surface area contributed by atoms with Crippen molar-refractivity contribution in [3.63, 3.8) is 0 Å². The fourth-order valence-electron chi connectivity index (χ4n) is 2.49. The molecule has 2 atom stereocenters.